The predicted molar refractivity (Wildman–Crippen MR) is 86.6 cm³/mol. The molecular weight excluding hydrogens is 300 g/mol. The summed E-state index contributed by atoms with van der Waals surface area (Å²) in [5.41, 5.74) is 9.51. The van der Waals surface area contributed by atoms with Crippen molar-refractivity contribution in [2.24, 2.45) is 21.7 Å². The first-order valence-electron chi connectivity index (χ1n) is 6.63. The molecule has 0 unspecified atom stereocenters. The zero-order valence-corrected chi connectivity index (χ0v) is 12.4. The Morgan fingerprint density at radius 3 is 2.48 bits per heavy atom. The number of aromatic amines is 1. The van der Waals surface area contributed by atoms with Crippen LogP contribution in [0.1, 0.15) is 18.1 Å². The van der Waals surface area contributed by atoms with Crippen molar-refractivity contribution in [1.82, 2.24) is 9.55 Å². The van der Waals surface area contributed by atoms with Gasteiger partial charge in [-0.1, -0.05) is 30.3 Å². The van der Waals surface area contributed by atoms with Gasteiger partial charge in [-0.15, -0.1) is 5.10 Å². The van der Waals surface area contributed by atoms with Gasteiger partial charge in [0, 0.05) is 0 Å². The number of benzene rings is 1. The molecule has 1 aromatic heterocycles. The van der Waals surface area contributed by atoms with Crippen LogP contribution in [0.25, 0.3) is 0 Å². The van der Waals surface area contributed by atoms with Crippen molar-refractivity contribution in [3.8, 4) is 5.88 Å². The number of aromatic hydroxyl groups is 1. The Morgan fingerprint density at radius 2 is 1.87 bits per heavy atom. The molecular formula is C14H16N6O3. The van der Waals surface area contributed by atoms with Crippen molar-refractivity contribution in [1.29, 1.82) is 0 Å². The number of guanidine groups is 1. The summed E-state index contributed by atoms with van der Waals surface area (Å²) in [6, 6.07) is 9.01. The van der Waals surface area contributed by atoms with E-state index in [2.05, 4.69) is 15.2 Å². The molecule has 0 aliphatic carbocycles. The Hall–Kier alpha value is -3.36. The molecule has 0 aliphatic heterocycles. The van der Waals surface area contributed by atoms with Gasteiger partial charge in [0.1, 0.15) is 5.56 Å². The fraction of sp³-hybridized carbons (Fsp3) is 0.143. The quantitative estimate of drug-likeness (QED) is 0.333. The first kappa shape index (κ1) is 16.0. The first-order chi connectivity index (χ1) is 10.9. The Morgan fingerprint density at radius 1 is 1.22 bits per heavy atom. The minimum absolute atomic E-state index is 0.0685. The Kier molecular flexibility index (Phi) is 4.60. The lowest BCUT2D eigenvalue weighted by atomic mass is 10.2. The molecule has 2 aromatic rings. The lowest BCUT2D eigenvalue weighted by Gasteiger charge is -2.11. The topological polar surface area (TPSA) is 152 Å². The molecule has 2 rings (SSSR count). The third kappa shape index (κ3) is 3.64. The zero-order valence-electron chi connectivity index (χ0n) is 12.4. The summed E-state index contributed by atoms with van der Waals surface area (Å²) >= 11 is 0. The third-order valence-electron chi connectivity index (χ3n) is 3.03. The number of nitrogens with one attached hydrogen (secondary N) is 1. The molecule has 0 atom stereocenters. The summed E-state index contributed by atoms with van der Waals surface area (Å²) in [4.78, 5) is 26.0. The molecule has 1 aromatic carbocycles. The summed E-state index contributed by atoms with van der Waals surface area (Å²) in [5.74, 6) is -0.799. The zero-order chi connectivity index (χ0) is 17.0. The summed E-state index contributed by atoms with van der Waals surface area (Å²) in [6.45, 7) is 1.53. The van der Waals surface area contributed by atoms with E-state index in [0.717, 1.165) is 10.1 Å². The molecule has 0 aliphatic rings. The van der Waals surface area contributed by atoms with Gasteiger partial charge in [0.25, 0.3) is 5.56 Å². The van der Waals surface area contributed by atoms with Crippen LogP contribution in [-0.4, -0.2) is 26.3 Å². The van der Waals surface area contributed by atoms with Crippen molar-refractivity contribution in [2.75, 3.05) is 0 Å². The fourth-order valence-electron chi connectivity index (χ4n) is 1.98. The lowest BCUT2D eigenvalue weighted by Crippen LogP contribution is -2.33. The van der Waals surface area contributed by atoms with Crippen molar-refractivity contribution < 1.29 is 5.11 Å². The predicted octanol–water partition coefficient (Wildman–Crippen LogP) is -0.712. The second-order valence-corrected chi connectivity index (χ2v) is 4.74. The third-order valence-corrected chi connectivity index (χ3v) is 3.03. The molecule has 1 heterocycles. The van der Waals surface area contributed by atoms with E-state index in [4.69, 9.17) is 11.5 Å². The monoisotopic (exact) mass is 316 g/mol. The highest BCUT2D eigenvalue weighted by Crippen LogP contribution is 2.13. The molecule has 120 valence electrons. The van der Waals surface area contributed by atoms with Gasteiger partial charge < -0.3 is 16.6 Å². The van der Waals surface area contributed by atoms with Crippen LogP contribution in [0.3, 0.4) is 0 Å². The first-order valence-corrected chi connectivity index (χ1v) is 6.63. The SMILES string of the molecule is CC(=NN=C(N)N)c1c(O)n(Cc2ccccc2)c(=O)[nH]c1=O. The highest BCUT2D eigenvalue weighted by Gasteiger charge is 2.17. The van der Waals surface area contributed by atoms with Gasteiger partial charge >= 0.3 is 5.69 Å². The van der Waals surface area contributed by atoms with Gasteiger partial charge in [0.2, 0.25) is 11.8 Å². The van der Waals surface area contributed by atoms with E-state index in [1.54, 1.807) is 24.3 Å². The van der Waals surface area contributed by atoms with Gasteiger partial charge in [-0.05, 0) is 12.5 Å². The number of aromatic nitrogens is 2. The largest absolute Gasteiger partial charge is 0.494 e. The number of rotatable bonds is 4. The molecule has 0 bridgehead atoms. The van der Waals surface area contributed by atoms with Crippen LogP contribution >= 0.6 is 0 Å². The molecule has 0 spiro atoms. The van der Waals surface area contributed by atoms with Gasteiger partial charge in [-0.25, -0.2) is 4.79 Å². The van der Waals surface area contributed by atoms with E-state index in [0.29, 0.717) is 0 Å². The number of nitrogens with zero attached hydrogens (tertiary/aromatic N) is 3. The molecule has 0 fully saturated rings. The highest BCUT2D eigenvalue weighted by atomic mass is 16.3. The number of nitrogens with two attached hydrogens (primary N) is 2. The second-order valence-electron chi connectivity index (χ2n) is 4.74. The maximum atomic E-state index is 11.9. The molecule has 9 nitrogen and oxygen atoms in total. The van der Waals surface area contributed by atoms with Gasteiger partial charge in [0.15, 0.2) is 0 Å². The van der Waals surface area contributed by atoms with Crippen molar-refractivity contribution >= 4 is 11.7 Å². The van der Waals surface area contributed by atoms with Crippen LogP contribution < -0.4 is 22.7 Å². The molecule has 6 N–H and O–H groups in total. The van der Waals surface area contributed by atoms with E-state index >= 15 is 0 Å². The highest BCUT2D eigenvalue weighted by molar-refractivity contribution is 6.00. The van der Waals surface area contributed by atoms with E-state index < -0.39 is 17.1 Å². The second kappa shape index (κ2) is 6.60. The summed E-state index contributed by atoms with van der Waals surface area (Å²) in [7, 11) is 0. The van der Waals surface area contributed by atoms with Crippen LogP contribution in [-0.2, 0) is 6.54 Å². The van der Waals surface area contributed by atoms with Crippen molar-refractivity contribution in [3.63, 3.8) is 0 Å². The summed E-state index contributed by atoms with van der Waals surface area (Å²) in [5, 5.41) is 17.4. The minimum Gasteiger partial charge on any atom is -0.494 e. The molecule has 0 saturated carbocycles. The number of hydrogen-bond donors (Lipinski definition) is 4. The number of H-pyrrole nitrogens is 1. The number of hydrogen-bond acceptors (Lipinski definition) is 5. The molecule has 0 amide bonds. The van der Waals surface area contributed by atoms with Gasteiger partial charge in [-0.2, -0.15) is 5.10 Å². The van der Waals surface area contributed by atoms with Gasteiger partial charge in [-0.3, -0.25) is 14.3 Å². The molecule has 9 heteroatoms. The van der Waals surface area contributed by atoms with Gasteiger partial charge in [0.05, 0.1) is 12.3 Å². The average Bonchev–Trinajstić information content (AvgIpc) is 2.50. The smallest absolute Gasteiger partial charge is 0.331 e. The lowest BCUT2D eigenvalue weighted by molar-refractivity contribution is 0.408. The van der Waals surface area contributed by atoms with Crippen LogP contribution in [0.2, 0.25) is 0 Å². The molecule has 23 heavy (non-hydrogen) atoms. The minimum atomic E-state index is -0.774. The normalized spacial score (nSPS) is 11.3. The van der Waals surface area contributed by atoms with E-state index in [-0.39, 0.29) is 23.8 Å². The van der Waals surface area contributed by atoms with Crippen molar-refractivity contribution in [2.45, 2.75) is 13.5 Å². The Labute approximate surface area is 130 Å². The van der Waals surface area contributed by atoms with Crippen LogP contribution in [0.15, 0.2) is 50.1 Å². The maximum absolute atomic E-state index is 11.9. The Bertz CT molecular complexity index is 876. The Balaban J connectivity index is 2.56. The average molecular weight is 316 g/mol. The van der Waals surface area contributed by atoms with E-state index in [1.807, 2.05) is 6.07 Å². The van der Waals surface area contributed by atoms with Crippen LogP contribution in [0, 0.1) is 0 Å². The summed E-state index contributed by atoms with van der Waals surface area (Å²) in [6.07, 6.45) is 0. The van der Waals surface area contributed by atoms with E-state index in [1.165, 1.54) is 6.92 Å². The van der Waals surface area contributed by atoms with Crippen LogP contribution in [0.4, 0.5) is 0 Å². The van der Waals surface area contributed by atoms with Crippen molar-refractivity contribution in [3.05, 3.63) is 62.3 Å². The molecule has 0 saturated heterocycles. The summed E-state index contributed by atoms with van der Waals surface area (Å²) < 4.78 is 1.03. The molecule has 0 radical (unpaired) electrons. The van der Waals surface area contributed by atoms with Crippen LogP contribution in [0.5, 0.6) is 5.88 Å². The maximum Gasteiger partial charge on any atom is 0.331 e. The van der Waals surface area contributed by atoms with E-state index in [9.17, 15) is 14.7 Å². The fourth-order valence-corrected chi connectivity index (χ4v) is 1.98. The standard InChI is InChI=1S/C14H16N6O3/c1-8(18-19-13(15)16)10-11(21)17-14(23)20(12(10)22)7-9-5-3-2-4-6-9/h2-6,22H,7H2,1H3,(H4,15,16,19)(H,17,21,23).